The number of thiophene rings is 1. The van der Waals surface area contributed by atoms with Crippen LogP contribution < -0.4 is 20.5 Å². The van der Waals surface area contributed by atoms with Crippen molar-refractivity contribution in [1.82, 2.24) is 10.3 Å². The molecule has 0 aliphatic carbocycles. The molecule has 0 radical (unpaired) electrons. The number of nitrogens with zero attached hydrogens (tertiary/aromatic N) is 1. The number of anilines is 1. The summed E-state index contributed by atoms with van der Waals surface area (Å²) in [6.45, 7) is 2.47. The molecule has 1 amide bonds. The summed E-state index contributed by atoms with van der Waals surface area (Å²) in [4.78, 5) is 18.7. The van der Waals surface area contributed by atoms with Gasteiger partial charge in [0.25, 0.3) is 5.91 Å². The predicted octanol–water partition coefficient (Wildman–Crippen LogP) is 4.80. The molecule has 0 spiro atoms. The van der Waals surface area contributed by atoms with Gasteiger partial charge in [-0.15, -0.1) is 11.3 Å². The standard InChI is InChI=1S/C24H23N3O3S/c1-14-4-6-15(7-5-14)13-26-23(28)22-21(25)17-9-10-18(27-24(17)31-22)16-8-11-19(29-2)20(12-16)30-3/h4-12H,13,25H2,1-3H3,(H,26,28). The molecule has 3 N–H and O–H groups in total. The van der Waals surface area contributed by atoms with Crippen molar-refractivity contribution < 1.29 is 14.3 Å². The maximum absolute atomic E-state index is 12.7. The average molecular weight is 434 g/mol. The van der Waals surface area contributed by atoms with Crippen molar-refractivity contribution in [3.63, 3.8) is 0 Å². The molecule has 2 heterocycles. The minimum absolute atomic E-state index is 0.200. The Morgan fingerprint density at radius 1 is 1.03 bits per heavy atom. The van der Waals surface area contributed by atoms with Crippen LogP contribution in [0.3, 0.4) is 0 Å². The van der Waals surface area contributed by atoms with Crippen LogP contribution in [0.2, 0.25) is 0 Å². The van der Waals surface area contributed by atoms with E-state index in [2.05, 4.69) is 5.32 Å². The SMILES string of the molecule is COc1ccc(-c2ccc3c(N)c(C(=O)NCc4ccc(C)cc4)sc3n2)cc1OC. The van der Waals surface area contributed by atoms with E-state index >= 15 is 0 Å². The van der Waals surface area contributed by atoms with Gasteiger partial charge in [-0.1, -0.05) is 29.8 Å². The lowest BCUT2D eigenvalue weighted by atomic mass is 10.1. The number of carbonyl (C=O) groups is 1. The first kappa shape index (κ1) is 20.7. The highest BCUT2D eigenvalue weighted by Gasteiger charge is 2.18. The van der Waals surface area contributed by atoms with Crippen LogP contribution in [0.5, 0.6) is 11.5 Å². The quantitative estimate of drug-likeness (QED) is 0.456. The minimum Gasteiger partial charge on any atom is -0.493 e. The molecular weight excluding hydrogens is 410 g/mol. The van der Waals surface area contributed by atoms with E-state index in [1.165, 1.54) is 16.9 Å². The molecular formula is C24H23N3O3S. The van der Waals surface area contributed by atoms with Gasteiger partial charge in [0.05, 0.1) is 25.6 Å². The van der Waals surface area contributed by atoms with Crippen molar-refractivity contribution in [2.75, 3.05) is 20.0 Å². The molecule has 6 nitrogen and oxygen atoms in total. The van der Waals surface area contributed by atoms with Crippen LogP contribution in [-0.4, -0.2) is 25.1 Å². The Bertz CT molecular complexity index is 1250. The summed E-state index contributed by atoms with van der Waals surface area (Å²) < 4.78 is 10.7. The first-order valence-corrected chi connectivity index (χ1v) is 10.6. The van der Waals surface area contributed by atoms with Gasteiger partial charge in [0.15, 0.2) is 11.5 Å². The lowest BCUT2D eigenvalue weighted by Crippen LogP contribution is -2.22. The number of amides is 1. The molecule has 0 bridgehead atoms. The summed E-state index contributed by atoms with van der Waals surface area (Å²) >= 11 is 1.29. The number of carbonyl (C=O) groups excluding carboxylic acids is 1. The molecule has 0 fully saturated rings. The van der Waals surface area contributed by atoms with Crippen LogP contribution in [0.1, 0.15) is 20.8 Å². The van der Waals surface area contributed by atoms with Gasteiger partial charge in [-0.2, -0.15) is 0 Å². The molecule has 0 unspecified atom stereocenters. The van der Waals surface area contributed by atoms with Gasteiger partial charge in [-0.05, 0) is 42.8 Å². The highest BCUT2D eigenvalue weighted by molar-refractivity contribution is 7.21. The van der Waals surface area contributed by atoms with Crippen molar-refractivity contribution in [2.24, 2.45) is 0 Å². The maximum atomic E-state index is 12.7. The largest absolute Gasteiger partial charge is 0.493 e. The number of pyridine rings is 1. The number of ether oxygens (including phenoxy) is 2. The van der Waals surface area contributed by atoms with E-state index in [9.17, 15) is 4.79 Å². The third-order valence-corrected chi connectivity index (χ3v) is 6.17. The van der Waals surface area contributed by atoms with Crippen LogP contribution in [0.25, 0.3) is 21.5 Å². The molecule has 31 heavy (non-hydrogen) atoms. The zero-order chi connectivity index (χ0) is 22.0. The van der Waals surface area contributed by atoms with Gasteiger partial charge in [0.2, 0.25) is 0 Å². The van der Waals surface area contributed by atoms with E-state index in [0.29, 0.717) is 33.4 Å². The van der Waals surface area contributed by atoms with Crippen molar-refractivity contribution >= 4 is 33.1 Å². The average Bonchev–Trinajstić information content (AvgIpc) is 3.13. The van der Waals surface area contributed by atoms with E-state index < -0.39 is 0 Å². The van der Waals surface area contributed by atoms with Gasteiger partial charge < -0.3 is 20.5 Å². The number of hydrogen-bond acceptors (Lipinski definition) is 6. The van der Waals surface area contributed by atoms with Crippen molar-refractivity contribution in [1.29, 1.82) is 0 Å². The topological polar surface area (TPSA) is 86.5 Å². The second-order valence-electron chi connectivity index (χ2n) is 7.13. The number of benzene rings is 2. The minimum atomic E-state index is -0.200. The van der Waals surface area contributed by atoms with Gasteiger partial charge in [0, 0.05) is 17.5 Å². The molecule has 4 aromatic rings. The fraction of sp³-hybridized carbons (Fsp3) is 0.167. The smallest absolute Gasteiger partial charge is 0.263 e. The van der Waals surface area contributed by atoms with Gasteiger partial charge in [0.1, 0.15) is 9.71 Å². The van der Waals surface area contributed by atoms with Crippen LogP contribution in [0, 0.1) is 6.92 Å². The summed E-state index contributed by atoms with van der Waals surface area (Å²) in [7, 11) is 3.20. The molecule has 4 rings (SSSR count). The van der Waals surface area contributed by atoms with Gasteiger partial charge in [-0.25, -0.2) is 4.98 Å². The van der Waals surface area contributed by atoms with Crippen LogP contribution in [0.4, 0.5) is 5.69 Å². The third kappa shape index (κ3) is 4.18. The monoisotopic (exact) mass is 433 g/mol. The lowest BCUT2D eigenvalue weighted by Gasteiger charge is -2.09. The highest BCUT2D eigenvalue weighted by atomic mass is 32.1. The Labute approximate surface area is 184 Å². The third-order valence-electron chi connectivity index (χ3n) is 5.05. The van der Waals surface area contributed by atoms with E-state index in [0.717, 1.165) is 22.2 Å². The second kappa shape index (κ2) is 8.65. The van der Waals surface area contributed by atoms with Gasteiger partial charge >= 0.3 is 0 Å². The molecule has 0 atom stereocenters. The Balaban J connectivity index is 1.60. The number of aryl methyl sites for hydroxylation is 1. The molecule has 0 aliphatic heterocycles. The summed E-state index contributed by atoms with van der Waals surface area (Å²) in [6.07, 6.45) is 0. The molecule has 2 aromatic carbocycles. The van der Waals surface area contributed by atoms with E-state index in [4.69, 9.17) is 20.2 Å². The van der Waals surface area contributed by atoms with Crippen LogP contribution >= 0.6 is 11.3 Å². The predicted molar refractivity (Wildman–Crippen MR) is 125 cm³/mol. The molecule has 7 heteroatoms. The molecule has 0 saturated carbocycles. The lowest BCUT2D eigenvalue weighted by molar-refractivity contribution is 0.0956. The molecule has 0 aliphatic rings. The number of nitrogens with two attached hydrogens (primary N) is 1. The first-order valence-electron chi connectivity index (χ1n) is 9.75. The van der Waals surface area contributed by atoms with Crippen molar-refractivity contribution in [3.8, 4) is 22.8 Å². The fourth-order valence-corrected chi connectivity index (χ4v) is 4.30. The number of methoxy groups -OCH3 is 2. The number of nitrogen functional groups attached to an aromatic ring is 1. The summed E-state index contributed by atoms with van der Waals surface area (Å²) in [5.74, 6) is 1.08. The van der Waals surface area contributed by atoms with Crippen LogP contribution in [0.15, 0.2) is 54.6 Å². The van der Waals surface area contributed by atoms with E-state index in [1.807, 2.05) is 61.5 Å². The zero-order valence-electron chi connectivity index (χ0n) is 17.6. The van der Waals surface area contributed by atoms with Gasteiger partial charge in [-0.3, -0.25) is 4.79 Å². The van der Waals surface area contributed by atoms with Crippen molar-refractivity contribution in [3.05, 3.63) is 70.6 Å². The summed E-state index contributed by atoms with van der Waals surface area (Å²) in [6, 6.07) is 17.5. The summed E-state index contributed by atoms with van der Waals surface area (Å²) in [5.41, 5.74) is 10.6. The number of fused-ring (bicyclic) bond motifs is 1. The Morgan fingerprint density at radius 3 is 2.48 bits per heavy atom. The maximum Gasteiger partial charge on any atom is 0.263 e. The van der Waals surface area contributed by atoms with E-state index in [1.54, 1.807) is 14.2 Å². The Kier molecular flexibility index (Phi) is 5.77. The molecule has 158 valence electrons. The number of aromatic nitrogens is 1. The molecule has 0 saturated heterocycles. The summed E-state index contributed by atoms with van der Waals surface area (Å²) in [5, 5.41) is 3.72. The number of nitrogens with one attached hydrogen (secondary N) is 1. The first-order chi connectivity index (χ1) is 15.0. The van der Waals surface area contributed by atoms with E-state index in [-0.39, 0.29) is 5.91 Å². The normalized spacial score (nSPS) is 10.8. The Morgan fingerprint density at radius 2 is 1.77 bits per heavy atom. The fourth-order valence-electron chi connectivity index (χ4n) is 3.29. The Hall–Kier alpha value is -3.58. The number of hydrogen-bond donors (Lipinski definition) is 2. The molecule has 2 aromatic heterocycles. The van der Waals surface area contributed by atoms with Crippen molar-refractivity contribution in [2.45, 2.75) is 13.5 Å². The number of rotatable bonds is 6. The zero-order valence-corrected chi connectivity index (χ0v) is 18.4. The van der Waals surface area contributed by atoms with Crippen LogP contribution in [-0.2, 0) is 6.54 Å². The highest BCUT2D eigenvalue weighted by Crippen LogP contribution is 2.36. The second-order valence-corrected chi connectivity index (χ2v) is 8.13.